The Morgan fingerprint density at radius 2 is 2.12 bits per heavy atom. The number of hydrogen-bond donors (Lipinski definition) is 2. The topological polar surface area (TPSA) is 83.6 Å². The number of carbonyl (C=O) groups excluding carboxylic acids is 1. The van der Waals surface area contributed by atoms with Crippen molar-refractivity contribution in [1.82, 2.24) is 4.90 Å². The average Bonchev–Trinajstić information content (AvgIpc) is 2.27. The number of nitrogens with two attached hydrogens (primary N) is 1. The van der Waals surface area contributed by atoms with E-state index in [1.54, 1.807) is 4.90 Å². The molecule has 0 aromatic carbocycles. The maximum absolute atomic E-state index is 12.2. The van der Waals surface area contributed by atoms with Gasteiger partial charge in [-0.2, -0.15) is 0 Å². The van der Waals surface area contributed by atoms with Crippen LogP contribution in [0, 0.1) is 11.3 Å². The third-order valence-electron chi connectivity index (χ3n) is 3.36. The van der Waals surface area contributed by atoms with Gasteiger partial charge in [-0.3, -0.25) is 9.59 Å². The first kappa shape index (κ1) is 14.0. The molecule has 17 heavy (non-hydrogen) atoms. The van der Waals surface area contributed by atoms with Crippen LogP contribution in [0.15, 0.2) is 0 Å². The smallest absolute Gasteiger partial charge is 0.303 e. The maximum atomic E-state index is 12.2. The molecule has 3 N–H and O–H groups in total. The Morgan fingerprint density at radius 3 is 2.65 bits per heavy atom. The molecule has 1 fully saturated rings. The molecule has 0 bridgehead atoms. The van der Waals surface area contributed by atoms with Crippen LogP contribution < -0.4 is 5.73 Å². The Balaban J connectivity index is 2.60. The van der Waals surface area contributed by atoms with Crippen LogP contribution in [-0.2, 0) is 9.59 Å². The molecular weight excluding hydrogens is 220 g/mol. The fraction of sp³-hybridized carbons (Fsp3) is 0.833. The molecule has 0 aromatic rings. The van der Waals surface area contributed by atoms with Crippen molar-refractivity contribution in [2.24, 2.45) is 17.1 Å². The molecule has 1 saturated heterocycles. The lowest BCUT2D eigenvalue weighted by atomic mass is 9.88. The molecule has 1 amide bonds. The highest BCUT2D eigenvalue weighted by atomic mass is 16.4. The number of aliphatic carboxylic acids is 1. The second-order valence-corrected chi connectivity index (χ2v) is 5.45. The minimum absolute atomic E-state index is 0.0371. The van der Waals surface area contributed by atoms with Crippen molar-refractivity contribution in [3.05, 3.63) is 0 Å². The molecule has 1 atom stereocenters. The van der Waals surface area contributed by atoms with Gasteiger partial charge in [0.2, 0.25) is 5.91 Å². The molecular formula is C12H22N2O3. The van der Waals surface area contributed by atoms with Crippen molar-refractivity contribution in [1.29, 1.82) is 0 Å². The predicted octanol–water partition coefficient (Wildman–Crippen LogP) is 0.685. The highest BCUT2D eigenvalue weighted by Gasteiger charge is 2.33. The molecule has 1 unspecified atom stereocenters. The average molecular weight is 242 g/mol. The van der Waals surface area contributed by atoms with Crippen molar-refractivity contribution >= 4 is 11.9 Å². The van der Waals surface area contributed by atoms with Crippen LogP contribution in [0.5, 0.6) is 0 Å². The monoisotopic (exact) mass is 242 g/mol. The van der Waals surface area contributed by atoms with Crippen molar-refractivity contribution in [3.8, 4) is 0 Å². The minimum Gasteiger partial charge on any atom is -0.481 e. The molecule has 1 aliphatic heterocycles. The number of rotatable bonds is 4. The van der Waals surface area contributed by atoms with Gasteiger partial charge < -0.3 is 15.7 Å². The summed E-state index contributed by atoms with van der Waals surface area (Å²) in [5, 5.41) is 8.77. The van der Waals surface area contributed by atoms with E-state index in [4.69, 9.17) is 10.8 Å². The molecule has 0 spiro atoms. The zero-order chi connectivity index (χ0) is 13.1. The van der Waals surface area contributed by atoms with Gasteiger partial charge in [0.15, 0.2) is 0 Å². The van der Waals surface area contributed by atoms with E-state index in [9.17, 15) is 9.59 Å². The molecule has 0 aromatic heterocycles. The van der Waals surface area contributed by atoms with E-state index in [1.807, 2.05) is 13.8 Å². The van der Waals surface area contributed by atoms with Gasteiger partial charge in [-0.1, -0.05) is 0 Å². The summed E-state index contributed by atoms with van der Waals surface area (Å²) >= 11 is 0. The summed E-state index contributed by atoms with van der Waals surface area (Å²) in [6.07, 6.45) is 1.91. The lowest BCUT2D eigenvalue weighted by Gasteiger charge is -2.36. The Bertz CT molecular complexity index is 302. The SMILES string of the molecule is CC(C)(CN)C(=O)N1CCCC(CC(=O)O)C1. The van der Waals surface area contributed by atoms with E-state index < -0.39 is 11.4 Å². The van der Waals surface area contributed by atoms with E-state index >= 15 is 0 Å². The Kier molecular flexibility index (Phi) is 4.51. The normalized spacial score (nSPS) is 21.4. The maximum Gasteiger partial charge on any atom is 0.303 e. The molecule has 5 nitrogen and oxygen atoms in total. The van der Waals surface area contributed by atoms with E-state index in [1.165, 1.54) is 0 Å². The van der Waals surface area contributed by atoms with Crippen LogP contribution in [0.1, 0.15) is 33.1 Å². The van der Waals surface area contributed by atoms with Gasteiger partial charge in [-0.25, -0.2) is 0 Å². The van der Waals surface area contributed by atoms with Crippen LogP contribution in [0.3, 0.4) is 0 Å². The third-order valence-corrected chi connectivity index (χ3v) is 3.36. The van der Waals surface area contributed by atoms with Gasteiger partial charge >= 0.3 is 5.97 Å². The van der Waals surface area contributed by atoms with Crippen LogP contribution in [0.25, 0.3) is 0 Å². The number of piperidine rings is 1. The zero-order valence-electron chi connectivity index (χ0n) is 10.6. The fourth-order valence-electron chi connectivity index (χ4n) is 2.18. The standard InChI is InChI=1S/C12H22N2O3/c1-12(2,8-13)11(17)14-5-3-4-9(7-14)6-10(15)16/h9H,3-8,13H2,1-2H3,(H,15,16). The first-order chi connectivity index (χ1) is 7.86. The van der Waals surface area contributed by atoms with E-state index in [0.717, 1.165) is 19.4 Å². The van der Waals surface area contributed by atoms with Gasteiger partial charge in [0.25, 0.3) is 0 Å². The van der Waals surface area contributed by atoms with Crippen molar-refractivity contribution in [2.75, 3.05) is 19.6 Å². The Hall–Kier alpha value is -1.10. The number of carboxylic acids is 1. The number of carbonyl (C=O) groups is 2. The van der Waals surface area contributed by atoms with Crippen LogP contribution in [0.4, 0.5) is 0 Å². The fourth-order valence-corrected chi connectivity index (χ4v) is 2.18. The van der Waals surface area contributed by atoms with Crippen molar-refractivity contribution in [2.45, 2.75) is 33.1 Å². The lowest BCUT2D eigenvalue weighted by Crippen LogP contribution is -2.48. The summed E-state index contributed by atoms with van der Waals surface area (Å²) < 4.78 is 0. The van der Waals surface area contributed by atoms with Gasteiger partial charge in [-0.15, -0.1) is 0 Å². The molecule has 98 valence electrons. The summed E-state index contributed by atoms with van der Waals surface area (Å²) in [6, 6.07) is 0. The highest BCUT2D eigenvalue weighted by Crippen LogP contribution is 2.24. The van der Waals surface area contributed by atoms with Gasteiger partial charge in [0.1, 0.15) is 0 Å². The zero-order valence-corrected chi connectivity index (χ0v) is 10.6. The van der Waals surface area contributed by atoms with Crippen LogP contribution in [-0.4, -0.2) is 41.5 Å². The predicted molar refractivity (Wildman–Crippen MR) is 64.4 cm³/mol. The largest absolute Gasteiger partial charge is 0.481 e. The number of carboxylic acid groups (broad SMARTS) is 1. The molecule has 0 aliphatic carbocycles. The third kappa shape index (κ3) is 3.70. The van der Waals surface area contributed by atoms with Gasteiger partial charge in [0.05, 0.1) is 5.41 Å². The van der Waals surface area contributed by atoms with Gasteiger partial charge in [0, 0.05) is 26.1 Å². The molecule has 0 saturated carbocycles. The number of amides is 1. The molecule has 1 rings (SSSR count). The van der Waals surface area contributed by atoms with Crippen LogP contribution in [0.2, 0.25) is 0 Å². The summed E-state index contributed by atoms with van der Waals surface area (Å²) in [5.74, 6) is -0.670. The van der Waals surface area contributed by atoms with Gasteiger partial charge in [-0.05, 0) is 32.6 Å². The second kappa shape index (κ2) is 5.49. The molecule has 5 heteroatoms. The summed E-state index contributed by atoms with van der Waals surface area (Å²) in [4.78, 5) is 24.6. The van der Waals surface area contributed by atoms with E-state index in [0.29, 0.717) is 13.1 Å². The molecule has 0 radical (unpaired) electrons. The second-order valence-electron chi connectivity index (χ2n) is 5.45. The van der Waals surface area contributed by atoms with E-state index in [-0.39, 0.29) is 18.2 Å². The number of nitrogens with zero attached hydrogens (tertiary/aromatic N) is 1. The summed E-state index contributed by atoms with van der Waals surface area (Å²) in [6.45, 7) is 5.24. The Morgan fingerprint density at radius 1 is 1.47 bits per heavy atom. The summed E-state index contributed by atoms with van der Waals surface area (Å²) in [7, 11) is 0. The summed E-state index contributed by atoms with van der Waals surface area (Å²) in [5.41, 5.74) is 5.04. The van der Waals surface area contributed by atoms with Crippen LogP contribution >= 0.6 is 0 Å². The Labute approximate surface area is 102 Å². The first-order valence-electron chi connectivity index (χ1n) is 6.08. The minimum atomic E-state index is -0.789. The number of hydrogen-bond acceptors (Lipinski definition) is 3. The number of likely N-dealkylation sites (tertiary alicyclic amines) is 1. The van der Waals surface area contributed by atoms with Crippen molar-refractivity contribution in [3.63, 3.8) is 0 Å². The molecule has 1 aliphatic rings. The quantitative estimate of drug-likeness (QED) is 0.759. The van der Waals surface area contributed by atoms with Crippen molar-refractivity contribution < 1.29 is 14.7 Å². The first-order valence-corrected chi connectivity index (χ1v) is 6.08. The highest BCUT2D eigenvalue weighted by molar-refractivity contribution is 5.82. The molecule has 1 heterocycles. The lowest BCUT2D eigenvalue weighted by molar-refractivity contribution is -0.144. The van der Waals surface area contributed by atoms with E-state index in [2.05, 4.69) is 0 Å².